The topological polar surface area (TPSA) is 44.2 Å². The third kappa shape index (κ3) is 2.37. The van der Waals surface area contributed by atoms with Crippen LogP contribution < -0.4 is 0 Å². The lowest BCUT2D eigenvalue weighted by molar-refractivity contribution is -0.120. The molecular weight excluding hydrogens is 172 g/mol. The normalized spacial score (nSPS) is 17.7. The molecule has 1 fully saturated rings. The average molecular weight is 184 g/mol. The maximum absolute atomic E-state index is 10.9. The second kappa shape index (κ2) is 4.30. The first-order valence-corrected chi connectivity index (χ1v) is 4.75. The molecule has 1 N–H and O–H groups in total. The monoisotopic (exact) mass is 184 g/mol. The summed E-state index contributed by atoms with van der Waals surface area (Å²) in [4.78, 5) is 12.8. The number of nitrogens with one attached hydrogen (secondary N) is 1. The third-order valence-corrected chi connectivity index (χ3v) is 2.45. The molecule has 1 rings (SSSR count). The third-order valence-electron chi connectivity index (χ3n) is 1.80. The van der Waals surface area contributed by atoms with Gasteiger partial charge in [0.15, 0.2) is 5.17 Å². The number of ketones is 1. The van der Waals surface area contributed by atoms with Crippen molar-refractivity contribution in [3.05, 3.63) is 12.0 Å². The van der Waals surface area contributed by atoms with E-state index < -0.39 is 0 Å². The Kier molecular flexibility index (Phi) is 3.34. The van der Waals surface area contributed by atoms with Crippen LogP contribution in [-0.4, -0.2) is 28.9 Å². The van der Waals surface area contributed by atoms with Gasteiger partial charge in [-0.25, -0.2) is 0 Å². The quantitative estimate of drug-likeness (QED) is 0.495. The summed E-state index contributed by atoms with van der Waals surface area (Å²) < 4.78 is 0. The van der Waals surface area contributed by atoms with Crippen molar-refractivity contribution in [1.29, 1.82) is 5.41 Å². The summed E-state index contributed by atoms with van der Waals surface area (Å²) in [5.74, 6) is 0.308. The average Bonchev–Trinajstić information content (AvgIpc) is 2.06. The van der Waals surface area contributed by atoms with Gasteiger partial charge in [-0.3, -0.25) is 10.2 Å². The van der Waals surface area contributed by atoms with Crippen LogP contribution in [-0.2, 0) is 4.79 Å². The number of carbonyl (C=O) groups excluding carboxylic acids is 1. The lowest BCUT2D eigenvalue weighted by Crippen LogP contribution is -2.36. The van der Waals surface area contributed by atoms with Crippen LogP contribution in [0.4, 0.5) is 0 Å². The number of likely N-dealkylation sites (tertiary alicyclic amines) is 1. The van der Waals surface area contributed by atoms with Gasteiger partial charge >= 0.3 is 0 Å². The number of hydrogen-bond donors (Lipinski definition) is 1. The van der Waals surface area contributed by atoms with Crippen LogP contribution in [0.3, 0.4) is 0 Å². The number of Topliss-reactive ketones (excluding diaryl/α,β-unsaturated/α-hetero) is 1. The zero-order chi connectivity index (χ0) is 8.97. The molecule has 3 nitrogen and oxygen atoms in total. The van der Waals surface area contributed by atoms with E-state index in [1.807, 2.05) is 4.90 Å². The molecule has 1 heterocycles. The van der Waals surface area contributed by atoms with Gasteiger partial charge in [0.1, 0.15) is 5.78 Å². The number of hydrogen-bond acceptors (Lipinski definition) is 3. The van der Waals surface area contributed by atoms with Gasteiger partial charge in [-0.05, 0) is 5.41 Å². The summed E-state index contributed by atoms with van der Waals surface area (Å²) >= 11 is 1.30. The van der Waals surface area contributed by atoms with Gasteiger partial charge in [0.25, 0.3) is 0 Å². The molecule has 0 unspecified atom stereocenters. The molecule has 0 aromatic rings. The minimum absolute atomic E-state index is 0.308. The number of piperidine rings is 1. The standard InChI is InChI=1S/C8H12N2OS/c1-2-12-8(9)10-5-3-7(11)4-6-10/h2,9H,1,3-6H2. The maximum atomic E-state index is 10.9. The van der Waals surface area contributed by atoms with Crippen molar-refractivity contribution in [3.8, 4) is 0 Å². The molecule has 1 saturated heterocycles. The van der Waals surface area contributed by atoms with Crippen molar-refractivity contribution in [2.24, 2.45) is 0 Å². The molecule has 0 radical (unpaired) electrons. The predicted molar refractivity (Wildman–Crippen MR) is 51.3 cm³/mol. The van der Waals surface area contributed by atoms with E-state index in [4.69, 9.17) is 5.41 Å². The first-order chi connectivity index (χ1) is 5.74. The Balaban J connectivity index is 2.38. The number of nitrogens with zero attached hydrogens (tertiary/aromatic N) is 1. The number of rotatable bonds is 1. The zero-order valence-corrected chi connectivity index (χ0v) is 7.69. The molecule has 0 aromatic carbocycles. The largest absolute Gasteiger partial charge is 0.351 e. The summed E-state index contributed by atoms with van der Waals surface area (Å²) in [6, 6.07) is 0. The second-order valence-corrected chi connectivity index (χ2v) is 3.57. The molecule has 0 aromatic heterocycles. The Bertz CT molecular complexity index is 205. The fourth-order valence-corrected chi connectivity index (χ4v) is 1.60. The van der Waals surface area contributed by atoms with Crippen LogP contribution in [0.1, 0.15) is 12.8 Å². The van der Waals surface area contributed by atoms with E-state index in [9.17, 15) is 4.79 Å². The van der Waals surface area contributed by atoms with Gasteiger partial charge in [0.2, 0.25) is 0 Å². The van der Waals surface area contributed by atoms with Crippen molar-refractivity contribution in [1.82, 2.24) is 4.90 Å². The van der Waals surface area contributed by atoms with Crippen molar-refractivity contribution in [2.75, 3.05) is 13.1 Å². The van der Waals surface area contributed by atoms with E-state index in [2.05, 4.69) is 6.58 Å². The number of carbonyl (C=O) groups is 1. The Morgan fingerprint density at radius 2 is 2.17 bits per heavy atom. The summed E-state index contributed by atoms with van der Waals surface area (Å²) in [6.45, 7) is 4.92. The van der Waals surface area contributed by atoms with Crippen LogP contribution in [0.25, 0.3) is 0 Å². The lowest BCUT2D eigenvalue weighted by Gasteiger charge is -2.26. The number of thioether (sulfide) groups is 1. The SMILES string of the molecule is C=CSC(=N)N1CCC(=O)CC1. The van der Waals surface area contributed by atoms with Gasteiger partial charge in [0.05, 0.1) is 0 Å². The van der Waals surface area contributed by atoms with Gasteiger partial charge in [-0.15, -0.1) is 0 Å². The lowest BCUT2D eigenvalue weighted by atomic mass is 10.1. The summed E-state index contributed by atoms with van der Waals surface area (Å²) in [7, 11) is 0. The van der Waals surface area contributed by atoms with Crippen LogP contribution >= 0.6 is 11.8 Å². The molecule has 0 saturated carbocycles. The van der Waals surface area contributed by atoms with E-state index in [1.165, 1.54) is 11.8 Å². The molecule has 1 aliphatic heterocycles. The molecule has 1 aliphatic rings. The van der Waals surface area contributed by atoms with Gasteiger partial charge < -0.3 is 4.90 Å². The van der Waals surface area contributed by atoms with E-state index in [1.54, 1.807) is 5.41 Å². The second-order valence-electron chi connectivity index (χ2n) is 2.62. The highest BCUT2D eigenvalue weighted by atomic mass is 32.2. The molecule has 0 aliphatic carbocycles. The summed E-state index contributed by atoms with van der Waals surface area (Å²) in [5, 5.41) is 9.69. The van der Waals surface area contributed by atoms with Crippen molar-refractivity contribution in [2.45, 2.75) is 12.8 Å². The maximum Gasteiger partial charge on any atom is 0.160 e. The minimum atomic E-state index is 0.308. The Morgan fingerprint density at radius 3 is 2.67 bits per heavy atom. The molecule has 0 bridgehead atoms. The van der Waals surface area contributed by atoms with E-state index >= 15 is 0 Å². The minimum Gasteiger partial charge on any atom is -0.351 e. The molecule has 4 heteroatoms. The smallest absolute Gasteiger partial charge is 0.160 e. The van der Waals surface area contributed by atoms with Gasteiger partial charge in [-0.2, -0.15) is 0 Å². The van der Waals surface area contributed by atoms with E-state index in [0.29, 0.717) is 36.9 Å². The van der Waals surface area contributed by atoms with Crippen molar-refractivity contribution in [3.63, 3.8) is 0 Å². The fourth-order valence-electron chi connectivity index (χ4n) is 1.11. The van der Waals surface area contributed by atoms with Crippen molar-refractivity contribution < 1.29 is 4.79 Å². The molecule has 0 spiro atoms. The van der Waals surface area contributed by atoms with Crippen LogP contribution in [0.2, 0.25) is 0 Å². The van der Waals surface area contributed by atoms with Crippen molar-refractivity contribution >= 4 is 22.7 Å². The first kappa shape index (κ1) is 9.32. The molecule has 0 atom stereocenters. The zero-order valence-electron chi connectivity index (χ0n) is 6.88. The number of amidine groups is 1. The predicted octanol–water partition coefficient (Wildman–Crippen LogP) is 1.46. The first-order valence-electron chi connectivity index (χ1n) is 3.87. The van der Waals surface area contributed by atoms with Gasteiger partial charge in [0, 0.05) is 25.9 Å². The highest BCUT2D eigenvalue weighted by Gasteiger charge is 2.17. The summed E-state index contributed by atoms with van der Waals surface area (Å²) in [6.07, 6.45) is 1.17. The van der Waals surface area contributed by atoms with Crippen LogP contribution in [0.15, 0.2) is 12.0 Å². The van der Waals surface area contributed by atoms with Crippen LogP contribution in [0, 0.1) is 5.41 Å². The highest BCUT2D eigenvalue weighted by molar-refractivity contribution is 8.16. The Hall–Kier alpha value is -0.770. The van der Waals surface area contributed by atoms with E-state index in [-0.39, 0.29) is 0 Å². The summed E-state index contributed by atoms with van der Waals surface area (Å²) in [5.41, 5.74) is 0. The highest BCUT2D eigenvalue weighted by Crippen LogP contribution is 2.13. The Labute approximate surface area is 76.3 Å². The molecule has 12 heavy (non-hydrogen) atoms. The Morgan fingerprint density at radius 1 is 1.58 bits per heavy atom. The molecule has 66 valence electrons. The van der Waals surface area contributed by atoms with Crippen LogP contribution in [0.5, 0.6) is 0 Å². The fraction of sp³-hybridized carbons (Fsp3) is 0.500. The molecule has 0 amide bonds. The van der Waals surface area contributed by atoms with Gasteiger partial charge in [-0.1, -0.05) is 18.3 Å². The molecular formula is C8H12N2OS. The van der Waals surface area contributed by atoms with E-state index in [0.717, 1.165) is 0 Å².